The summed E-state index contributed by atoms with van der Waals surface area (Å²) < 4.78 is 5.31. The van der Waals surface area contributed by atoms with Crippen molar-refractivity contribution in [3.8, 4) is 0 Å². The van der Waals surface area contributed by atoms with E-state index in [1.54, 1.807) is 24.3 Å². The quantitative estimate of drug-likeness (QED) is 0.424. The summed E-state index contributed by atoms with van der Waals surface area (Å²) in [5.74, 6) is -1.31. The zero-order chi connectivity index (χ0) is 23.2. The molecule has 2 aromatic rings. The summed E-state index contributed by atoms with van der Waals surface area (Å²) in [6.45, 7) is 3.67. The fraction of sp³-hybridized carbons (Fsp3) is 0.346. The molecule has 0 N–H and O–H groups in total. The van der Waals surface area contributed by atoms with E-state index in [9.17, 15) is 14.4 Å². The third kappa shape index (κ3) is 4.98. The van der Waals surface area contributed by atoms with E-state index < -0.39 is 11.9 Å². The van der Waals surface area contributed by atoms with Crippen molar-refractivity contribution in [3.05, 3.63) is 70.8 Å². The Hall–Kier alpha value is -3.06. The van der Waals surface area contributed by atoms with Crippen LogP contribution in [0.2, 0.25) is 0 Å². The SMILES string of the molecule is CCCOC(=O)c1ccccc1N1C(=O)C(Sc2ccccc2)=C(N2CCCCCC2)C1=O. The minimum atomic E-state index is -0.534. The van der Waals surface area contributed by atoms with E-state index in [1.807, 2.05) is 37.3 Å². The second-order valence-electron chi connectivity index (χ2n) is 8.09. The highest BCUT2D eigenvalue weighted by atomic mass is 32.2. The second kappa shape index (κ2) is 10.7. The number of hydrogen-bond acceptors (Lipinski definition) is 6. The van der Waals surface area contributed by atoms with Crippen LogP contribution in [0.5, 0.6) is 0 Å². The molecule has 0 bridgehead atoms. The van der Waals surface area contributed by atoms with Gasteiger partial charge in [0.15, 0.2) is 0 Å². The summed E-state index contributed by atoms with van der Waals surface area (Å²) in [7, 11) is 0. The van der Waals surface area contributed by atoms with Crippen LogP contribution in [0.15, 0.2) is 70.1 Å². The molecule has 2 aromatic carbocycles. The average molecular weight is 465 g/mol. The molecule has 1 fully saturated rings. The Labute approximate surface area is 198 Å². The summed E-state index contributed by atoms with van der Waals surface area (Å²) in [5.41, 5.74) is 0.922. The van der Waals surface area contributed by atoms with Crippen molar-refractivity contribution in [1.29, 1.82) is 0 Å². The molecule has 7 heteroatoms. The number of anilines is 1. The fourth-order valence-electron chi connectivity index (χ4n) is 4.10. The van der Waals surface area contributed by atoms with Crippen LogP contribution in [0, 0.1) is 0 Å². The van der Waals surface area contributed by atoms with Crippen LogP contribution < -0.4 is 4.90 Å². The van der Waals surface area contributed by atoms with E-state index in [4.69, 9.17) is 4.74 Å². The minimum absolute atomic E-state index is 0.217. The predicted octanol–water partition coefficient (Wildman–Crippen LogP) is 5.01. The Morgan fingerprint density at radius 3 is 2.27 bits per heavy atom. The molecule has 0 saturated carbocycles. The fourth-order valence-corrected chi connectivity index (χ4v) is 5.12. The maximum atomic E-state index is 13.8. The first kappa shape index (κ1) is 23.1. The third-order valence-corrected chi connectivity index (χ3v) is 6.79. The van der Waals surface area contributed by atoms with Gasteiger partial charge in [0.1, 0.15) is 10.6 Å². The molecule has 6 nitrogen and oxygen atoms in total. The molecule has 2 aliphatic heterocycles. The van der Waals surface area contributed by atoms with Crippen molar-refractivity contribution < 1.29 is 19.1 Å². The first-order chi connectivity index (χ1) is 16.1. The number of nitrogens with zero attached hydrogens (tertiary/aromatic N) is 2. The van der Waals surface area contributed by atoms with Gasteiger partial charge in [-0.1, -0.05) is 61.9 Å². The van der Waals surface area contributed by atoms with E-state index >= 15 is 0 Å². The number of rotatable bonds is 7. The molecular formula is C26H28N2O4S. The Kier molecular flexibility index (Phi) is 7.50. The summed E-state index contributed by atoms with van der Waals surface area (Å²) in [5, 5.41) is 0. The largest absolute Gasteiger partial charge is 0.462 e. The van der Waals surface area contributed by atoms with Gasteiger partial charge in [-0.15, -0.1) is 0 Å². The molecule has 0 aliphatic carbocycles. The van der Waals surface area contributed by atoms with E-state index in [0.717, 1.165) is 48.6 Å². The maximum absolute atomic E-state index is 13.8. The Morgan fingerprint density at radius 2 is 1.58 bits per heavy atom. The standard InChI is InChI=1S/C26H28N2O4S/c1-2-18-32-26(31)20-14-8-9-15-21(20)28-24(29)22(27-16-10-3-4-11-17-27)23(25(28)30)33-19-12-6-5-7-13-19/h5-9,12-15H,2-4,10-11,16-18H2,1H3. The molecule has 0 unspecified atom stereocenters. The van der Waals surface area contributed by atoms with Gasteiger partial charge in [-0.05, 0) is 43.5 Å². The summed E-state index contributed by atoms with van der Waals surface area (Å²) >= 11 is 1.31. The number of para-hydroxylation sites is 1. The molecule has 2 heterocycles. The summed E-state index contributed by atoms with van der Waals surface area (Å²) in [6.07, 6.45) is 4.88. The van der Waals surface area contributed by atoms with Crippen molar-refractivity contribution in [2.45, 2.75) is 43.9 Å². The highest BCUT2D eigenvalue weighted by Gasteiger charge is 2.43. The molecule has 2 aliphatic rings. The van der Waals surface area contributed by atoms with Crippen molar-refractivity contribution >= 4 is 35.2 Å². The van der Waals surface area contributed by atoms with E-state index in [0.29, 0.717) is 17.0 Å². The van der Waals surface area contributed by atoms with Crippen LogP contribution in [0.3, 0.4) is 0 Å². The zero-order valence-corrected chi connectivity index (χ0v) is 19.6. The van der Waals surface area contributed by atoms with Crippen LogP contribution in [0.25, 0.3) is 0 Å². The van der Waals surface area contributed by atoms with E-state index in [2.05, 4.69) is 4.90 Å². The number of benzene rings is 2. The number of imide groups is 1. The number of ether oxygens (including phenoxy) is 1. The molecule has 0 aromatic heterocycles. The molecule has 172 valence electrons. The minimum Gasteiger partial charge on any atom is -0.462 e. The number of carbonyl (C=O) groups excluding carboxylic acids is 3. The lowest BCUT2D eigenvalue weighted by molar-refractivity contribution is -0.121. The molecule has 1 saturated heterocycles. The van der Waals surface area contributed by atoms with Gasteiger partial charge in [-0.3, -0.25) is 9.59 Å². The normalized spacial score (nSPS) is 16.9. The van der Waals surface area contributed by atoms with Crippen molar-refractivity contribution in [1.82, 2.24) is 4.90 Å². The molecule has 33 heavy (non-hydrogen) atoms. The highest BCUT2D eigenvalue weighted by molar-refractivity contribution is 8.04. The Morgan fingerprint density at radius 1 is 0.909 bits per heavy atom. The lowest BCUT2D eigenvalue weighted by Gasteiger charge is -2.24. The highest BCUT2D eigenvalue weighted by Crippen LogP contribution is 2.40. The van der Waals surface area contributed by atoms with Crippen molar-refractivity contribution in [3.63, 3.8) is 0 Å². The average Bonchev–Trinajstić information content (AvgIpc) is 3.00. The van der Waals surface area contributed by atoms with Crippen molar-refractivity contribution in [2.75, 3.05) is 24.6 Å². The van der Waals surface area contributed by atoms with Gasteiger partial charge in [-0.25, -0.2) is 9.69 Å². The first-order valence-corrected chi connectivity index (χ1v) is 12.3. The number of amides is 2. The van der Waals surface area contributed by atoms with Gasteiger partial charge in [-0.2, -0.15) is 0 Å². The number of carbonyl (C=O) groups is 3. The molecule has 2 amide bonds. The number of thioether (sulfide) groups is 1. The Balaban J connectivity index is 1.74. The van der Waals surface area contributed by atoms with Crippen LogP contribution >= 0.6 is 11.8 Å². The lowest BCUT2D eigenvalue weighted by atomic mass is 10.1. The molecule has 0 radical (unpaired) electrons. The third-order valence-electron chi connectivity index (χ3n) is 5.71. The monoisotopic (exact) mass is 464 g/mol. The predicted molar refractivity (Wildman–Crippen MR) is 129 cm³/mol. The smallest absolute Gasteiger partial charge is 0.340 e. The van der Waals surface area contributed by atoms with Gasteiger partial charge >= 0.3 is 5.97 Å². The lowest BCUT2D eigenvalue weighted by Crippen LogP contribution is -2.36. The molecule has 4 rings (SSSR count). The van der Waals surface area contributed by atoms with Gasteiger partial charge in [0, 0.05) is 18.0 Å². The van der Waals surface area contributed by atoms with Gasteiger partial charge < -0.3 is 9.64 Å². The zero-order valence-electron chi connectivity index (χ0n) is 18.8. The van der Waals surface area contributed by atoms with Gasteiger partial charge in [0.2, 0.25) is 0 Å². The maximum Gasteiger partial charge on any atom is 0.340 e. The van der Waals surface area contributed by atoms with Gasteiger partial charge in [0.05, 0.1) is 17.9 Å². The molecule has 0 spiro atoms. The number of hydrogen-bond donors (Lipinski definition) is 0. The van der Waals surface area contributed by atoms with Crippen LogP contribution in [-0.4, -0.2) is 42.4 Å². The van der Waals surface area contributed by atoms with Crippen molar-refractivity contribution in [2.24, 2.45) is 0 Å². The Bertz CT molecular complexity index is 1060. The van der Waals surface area contributed by atoms with Crippen LogP contribution in [0.4, 0.5) is 5.69 Å². The van der Waals surface area contributed by atoms with Crippen LogP contribution in [-0.2, 0) is 14.3 Å². The summed E-state index contributed by atoms with van der Waals surface area (Å²) in [4.78, 5) is 44.6. The first-order valence-electron chi connectivity index (χ1n) is 11.5. The second-order valence-corrected chi connectivity index (χ2v) is 9.18. The molecular weight excluding hydrogens is 436 g/mol. The van der Waals surface area contributed by atoms with E-state index in [-0.39, 0.29) is 23.8 Å². The molecule has 0 atom stereocenters. The number of likely N-dealkylation sites (tertiary alicyclic amines) is 1. The van der Waals surface area contributed by atoms with Gasteiger partial charge in [0.25, 0.3) is 11.8 Å². The van der Waals surface area contributed by atoms with Crippen LogP contribution in [0.1, 0.15) is 49.4 Å². The topological polar surface area (TPSA) is 66.9 Å². The number of esters is 1. The summed E-state index contributed by atoms with van der Waals surface area (Å²) in [6, 6.07) is 16.2. The van der Waals surface area contributed by atoms with E-state index in [1.165, 1.54) is 11.8 Å².